The van der Waals surface area contributed by atoms with Crippen molar-refractivity contribution in [3.63, 3.8) is 0 Å². The van der Waals surface area contributed by atoms with E-state index in [-0.39, 0.29) is 12.1 Å². The minimum Gasteiger partial charge on any atom is -0.358 e. The first-order valence-electron chi connectivity index (χ1n) is 5.81. The first-order valence-corrected chi connectivity index (χ1v) is 5.81. The van der Waals surface area contributed by atoms with Crippen LogP contribution in [0, 0.1) is 18.3 Å². The second kappa shape index (κ2) is 4.14. The van der Waals surface area contributed by atoms with Crippen molar-refractivity contribution in [1.29, 1.82) is 5.26 Å². The molecule has 0 saturated carbocycles. The molecule has 1 aliphatic rings. The molecule has 1 aromatic carbocycles. The number of aromatic nitrogens is 2. The number of hydrogen-bond acceptors (Lipinski definition) is 4. The van der Waals surface area contributed by atoms with Gasteiger partial charge in [0.25, 0.3) is 5.91 Å². The van der Waals surface area contributed by atoms with Gasteiger partial charge in [-0.3, -0.25) is 9.89 Å². The molecule has 19 heavy (non-hydrogen) atoms. The molecule has 0 radical (unpaired) electrons. The largest absolute Gasteiger partial charge is 0.358 e. The molecule has 0 saturated heterocycles. The van der Waals surface area contributed by atoms with Crippen LogP contribution in [0.25, 0.3) is 0 Å². The molecule has 1 atom stereocenters. The van der Waals surface area contributed by atoms with E-state index in [4.69, 9.17) is 5.26 Å². The molecule has 0 bridgehead atoms. The molecule has 3 N–H and O–H groups in total. The van der Waals surface area contributed by atoms with E-state index in [1.165, 1.54) is 0 Å². The normalized spacial score (nSPS) is 17.1. The molecule has 6 nitrogen and oxygen atoms in total. The highest BCUT2D eigenvalue weighted by Gasteiger charge is 2.28. The Hall–Kier alpha value is -2.81. The van der Waals surface area contributed by atoms with Crippen LogP contribution in [0.4, 0.5) is 5.69 Å². The lowest BCUT2D eigenvalue weighted by Crippen LogP contribution is -2.38. The Labute approximate surface area is 109 Å². The van der Waals surface area contributed by atoms with Crippen LogP contribution in [-0.2, 0) is 0 Å². The standard InChI is InChI=1S/C13H11N5O/c1-7-10-11(18-17-7)13(19)16-12(15-10)9-4-2-3-8(5-9)6-14/h2-5,12,15H,1H3,(H,16,19)(H,17,18). The zero-order chi connectivity index (χ0) is 13.4. The van der Waals surface area contributed by atoms with Crippen LogP contribution in [0.3, 0.4) is 0 Å². The van der Waals surface area contributed by atoms with Crippen LogP contribution in [0.5, 0.6) is 0 Å². The summed E-state index contributed by atoms with van der Waals surface area (Å²) >= 11 is 0. The molecule has 6 heteroatoms. The fourth-order valence-electron chi connectivity index (χ4n) is 2.10. The maximum absolute atomic E-state index is 11.9. The zero-order valence-corrected chi connectivity index (χ0v) is 10.2. The summed E-state index contributed by atoms with van der Waals surface area (Å²) in [6.07, 6.45) is -0.357. The second-order valence-corrected chi connectivity index (χ2v) is 4.36. The highest BCUT2D eigenvalue weighted by atomic mass is 16.2. The number of aromatic amines is 1. The van der Waals surface area contributed by atoms with E-state index in [9.17, 15) is 4.79 Å². The molecular weight excluding hydrogens is 242 g/mol. The molecule has 2 aromatic rings. The smallest absolute Gasteiger partial charge is 0.275 e. The van der Waals surface area contributed by atoms with Crippen molar-refractivity contribution in [1.82, 2.24) is 15.5 Å². The Morgan fingerprint density at radius 2 is 2.21 bits per heavy atom. The predicted octanol–water partition coefficient (Wildman–Crippen LogP) is 1.44. The highest BCUT2D eigenvalue weighted by molar-refractivity contribution is 6.00. The van der Waals surface area contributed by atoms with E-state index >= 15 is 0 Å². The first-order chi connectivity index (χ1) is 9.19. The van der Waals surface area contributed by atoms with Gasteiger partial charge in [0.15, 0.2) is 5.69 Å². The number of amides is 1. The number of rotatable bonds is 1. The molecular formula is C13H11N5O. The molecule has 1 aromatic heterocycles. The van der Waals surface area contributed by atoms with Gasteiger partial charge in [-0.05, 0) is 24.6 Å². The summed E-state index contributed by atoms with van der Waals surface area (Å²) in [5.74, 6) is -0.231. The number of carbonyl (C=O) groups is 1. The van der Waals surface area contributed by atoms with E-state index in [0.29, 0.717) is 16.9 Å². The summed E-state index contributed by atoms with van der Waals surface area (Å²) in [5.41, 5.74) is 3.27. The molecule has 0 spiro atoms. The minimum atomic E-state index is -0.357. The van der Waals surface area contributed by atoms with Gasteiger partial charge < -0.3 is 10.6 Å². The monoisotopic (exact) mass is 253 g/mol. The van der Waals surface area contributed by atoms with Gasteiger partial charge in [-0.1, -0.05) is 12.1 Å². The van der Waals surface area contributed by atoms with Gasteiger partial charge in [0.2, 0.25) is 0 Å². The maximum Gasteiger partial charge on any atom is 0.275 e. The number of hydrogen-bond donors (Lipinski definition) is 3. The summed E-state index contributed by atoms with van der Waals surface area (Å²) in [6.45, 7) is 1.85. The van der Waals surface area contributed by atoms with Gasteiger partial charge in [0.1, 0.15) is 6.17 Å². The number of aryl methyl sites for hydroxylation is 1. The second-order valence-electron chi connectivity index (χ2n) is 4.36. The lowest BCUT2D eigenvalue weighted by molar-refractivity contribution is 0.0930. The number of fused-ring (bicyclic) bond motifs is 1. The summed E-state index contributed by atoms with van der Waals surface area (Å²) in [6, 6.07) is 9.21. The van der Waals surface area contributed by atoms with E-state index < -0.39 is 0 Å². The summed E-state index contributed by atoms with van der Waals surface area (Å²) in [7, 11) is 0. The molecule has 3 rings (SSSR count). The Kier molecular flexibility index (Phi) is 2.46. The van der Waals surface area contributed by atoms with Gasteiger partial charge >= 0.3 is 0 Å². The van der Waals surface area contributed by atoms with E-state index in [1.54, 1.807) is 18.2 Å². The molecule has 1 amide bonds. The van der Waals surface area contributed by atoms with Crippen molar-refractivity contribution in [2.75, 3.05) is 5.32 Å². The van der Waals surface area contributed by atoms with Crippen LogP contribution < -0.4 is 10.6 Å². The predicted molar refractivity (Wildman–Crippen MR) is 68.3 cm³/mol. The van der Waals surface area contributed by atoms with Gasteiger partial charge in [0.05, 0.1) is 23.0 Å². The van der Waals surface area contributed by atoms with E-state index in [0.717, 1.165) is 11.3 Å². The van der Waals surface area contributed by atoms with Crippen molar-refractivity contribution in [2.24, 2.45) is 0 Å². The lowest BCUT2D eigenvalue weighted by atomic mass is 10.1. The van der Waals surface area contributed by atoms with Crippen molar-refractivity contribution in [3.05, 3.63) is 46.8 Å². The molecule has 94 valence electrons. The number of anilines is 1. The number of benzene rings is 1. The third kappa shape index (κ3) is 1.81. The minimum absolute atomic E-state index is 0.231. The van der Waals surface area contributed by atoms with Crippen LogP contribution in [0.15, 0.2) is 24.3 Å². The van der Waals surface area contributed by atoms with E-state index in [2.05, 4.69) is 26.9 Å². The topological polar surface area (TPSA) is 93.6 Å². The Bertz CT molecular complexity index is 697. The molecule has 1 aliphatic heterocycles. The number of nitriles is 1. The summed E-state index contributed by atoms with van der Waals surface area (Å²) in [5, 5.41) is 21.7. The number of nitrogens with zero attached hydrogens (tertiary/aromatic N) is 2. The van der Waals surface area contributed by atoms with Crippen molar-refractivity contribution in [2.45, 2.75) is 13.1 Å². The maximum atomic E-state index is 11.9. The average molecular weight is 253 g/mol. The van der Waals surface area contributed by atoms with Crippen molar-refractivity contribution < 1.29 is 4.79 Å². The number of nitrogens with one attached hydrogen (secondary N) is 3. The van der Waals surface area contributed by atoms with E-state index in [1.807, 2.05) is 13.0 Å². The van der Waals surface area contributed by atoms with Crippen molar-refractivity contribution >= 4 is 11.6 Å². The lowest BCUT2D eigenvalue weighted by Gasteiger charge is -2.26. The average Bonchev–Trinajstić information content (AvgIpc) is 2.81. The van der Waals surface area contributed by atoms with Crippen LogP contribution in [0.1, 0.15) is 33.5 Å². The fourth-order valence-corrected chi connectivity index (χ4v) is 2.10. The van der Waals surface area contributed by atoms with Gasteiger partial charge in [-0.25, -0.2) is 0 Å². The number of H-pyrrole nitrogens is 1. The van der Waals surface area contributed by atoms with Crippen LogP contribution >= 0.6 is 0 Å². The molecule has 0 fully saturated rings. The summed E-state index contributed by atoms with van der Waals surface area (Å²) < 4.78 is 0. The fraction of sp³-hybridized carbons (Fsp3) is 0.154. The number of carbonyl (C=O) groups excluding carboxylic acids is 1. The molecule has 2 heterocycles. The van der Waals surface area contributed by atoms with Crippen LogP contribution in [-0.4, -0.2) is 16.1 Å². The van der Waals surface area contributed by atoms with Gasteiger partial charge in [0, 0.05) is 0 Å². The van der Waals surface area contributed by atoms with Gasteiger partial charge in [-0.2, -0.15) is 10.4 Å². The van der Waals surface area contributed by atoms with Gasteiger partial charge in [-0.15, -0.1) is 0 Å². The Balaban J connectivity index is 1.99. The SMILES string of the molecule is Cc1[nH]nc2c1NC(c1cccc(C#N)c1)NC2=O. The third-order valence-electron chi connectivity index (χ3n) is 3.08. The quantitative estimate of drug-likeness (QED) is 0.717. The third-order valence-corrected chi connectivity index (χ3v) is 3.08. The first kappa shape index (κ1) is 11.3. The zero-order valence-electron chi connectivity index (χ0n) is 10.2. The Morgan fingerprint density at radius 1 is 1.37 bits per heavy atom. The highest BCUT2D eigenvalue weighted by Crippen LogP contribution is 2.27. The summed E-state index contributed by atoms with van der Waals surface area (Å²) in [4.78, 5) is 11.9. The van der Waals surface area contributed by atoms with Crippen molar-refractivity contribution in [3.8, 4) is 6.07 Å². The Morgan fingerprint density at radius 3 is 3.00 bits per heavy atom. The molecule has 0 aliphatic carbocycles. The molecule has 1 unspecified atom stereocenters. The van der Waals surface area contributed by atoms with Crippen LogP contribution in [0.2, 0.25) is 0 Å².